The van der Waals surface area contributed by atoms with E-state index in [0.717, 1.165) is 13.1 Å². The summed E-state index contributed by atoms with van der Waals surface area (Å²) in [5, 5.41) is 0. The molecule has 1 aromatic carbocycles. The van der Waals surface area contributed by atoms with Gasteiger partial charge in [0.1, 0.15) is 0 Å². The van der Waals surface area contributed by atoms with E-state index in [0.29, 0.717) is 0 Å². The zero-order valence-electron chi connectivity index (χ0n) is 10.7. The number of hydrogen-bond acceptors (Lipinski definition) is 1. The Hall–Kier alpha value is -0.980. The Morgan fingerprint density at radius 1 is 1.07 bits per heavy atom. The van der Waals surface area contributed by atoms with Gasteiger partial charge < -0.3 is 4.90 Å². The predicted octanol–water partition coefficient (Wildman–Crippen LogP) is 3.83. The van der Waals surface area contributed by atoms with Crippen LogP contribution in [0.2, 0.25) is 0 Å². The highest BCUT2D eigenvalue weighted by molar-refractivity contribution is 5.49. The van der Waals surface area contributed by atoms with Crippen molar-refractivity contribution in [2.24, 2.45) is 0 Å². The summed E-state index contributed by atoms with van der Waals surface area (Å²) in [6.07, 6.45) is 0. The van der Waals surface area contributed by atoms with Crippen LogP contribution in [0.25, 0.3) is 0 Å². The molecule has 0 aromatic heterocycles. The lowest BCUT2D eigenvalue weighted by molar-refractivity contribution is 0.590. The fourth-order valence-electron chi connectivity index (χ4n) is 1.76. The van der Waals surface area contributed by atoms with E-state index in [1.807, 2.05) is 0 Å². The van der Waals surface area contributed by atoms with Crippen LogP contribution in [0, 0.1) is 0 Å². The number of rotatable bonds is 3. The van der Waals surface area contributed by atoms with Crippen LogP contribution in [0.4, 0.5) is 5.69 Å². The Bertz CT molecular complexity index is 305. The van der Waals surface area contributed by atoms with E-state index >= 15 is 0 Å². The molecule has 1 aromatic rings. The van der Waals surface area contributed by atoms with E-state index in [1.165, 1.54) is 11.3 Å². The van der Waals surface area contributed by atoms with E-state index < -0.39 is 0 Å². The molecule has 0 aliphatic rings. The zero-order chi connectivity index (χ0) is 11.5. The third-order valence-electron chi connectivity index (χ3n) is 2.84. The lowest BCUT2D eigenvalue weighted by atomic mass is 9.87. The quantitative estimate of drug-likeness (QED) is 0.725. The Balaban J connectivity index is 3.02. The summed E-state index contributed by atoms with van der Waals surface area (Å²) in [7, 11) is 0. The summed E-state index contributed by atoms with van der Waals surface area (Å²) in [4.78, 5) is 2.38. The van der Waals surface area contributed by atoms with Crippen molar-refractivity contribution >= 4 is 5.69 Å². The normalized spacial score (nSPS) is 11.5. The lowest BCUT2D eigenvalue weighted by Gasteiger charge is -2.25. The van der Waals surface area contributed by atoms with Gasteiger partial charge in [0, 0.05) is 18.8 Å². The van der Waals surface area contributed by atoms with E-state index in [9.17, 15) is 0 Å². The van der Waals surface area contributed by atoms with Gasteiger partial charge in [0.25, 0.3) is 0 Å². The van der Waals surface area contributed by atoms with Crippen molar-refractivity contribution in [2.75, 3.05) is 18.0 Å². The molecule has 0 atom stereocenters. The fraction of sp³-hybridized carbons (Fsp3) is 0.571. The van der Waals surface area contributed by atoms with Crippen LogP contribution in [0.1, 0.15) is 40.2 Å². The summed E-state index contributed by atoms with van der Waals surface area (Å²) in [6, 6.07) is 8.89. The number of nitrogens with zero attached hydrogens (tertiary/aromatic N) is 1. The monoisotopic (exact) mass is 205 g/mol. The first-order valence-electron chi connectivity index (χ1n) is 5.84. The third kappa shape index (κ3) is 2.98. The standard InChI is InChI=1S/C14H23N/c1-6-15(7-2)13-10-8-9-12(11-13)14(3,4)5/h8-11H,6-7H2,1-5H3. The molecule has 1 rings (SSSR count). The Labute approximate surface area is 94.1 Å². The molecule has 0 aliphatic heterocycles. The molecule has 0 heterocycles. The smallest absolute Gasteiger partial charge is 0.0368 e. The summed E-state index contributed by atoms with van der Waals surface area (Å²) in [5.74, 6) is 0. The molecule has 0 spiro atoms. The Kier molecular flexibility index (Phi) is 3.78. The molecule has 15 heavy (non-hydrogen) atoms. The van der Waals surface area contributed by atoms with Gasteiger partial charge in [0.05, 0.1) is 0 Å². The van der Waals surface area contributed by atoms with Crippen molar-refractivity contribution < 1.29 is 0 Å². The number of benzene rings is 1. The first-order chi connectivity index (χ1) is 6.99. The van der Waals surface area contributed by atoms with Crippen LogP contribution < -0.4 is 4.90 Å². The molecule has 1 heteroatoms. The summed E-state index contributed by atoms with van der Waals surface area (Å²) in [6.45, 7) is 13.3. The molecule has 84 valence electrons. The first-order valence-corrected chi connectivity index (χ1v) is 5.84. The maximum absolute atomic E-state index is 2.38. The highest BCUT2D eigenvalue weighted by Gasteiger charge is 2.14. The minimum Gasteiger partial charge on any atom is -0.372 e. The van der Waals surface area contributed by atoms with Gasteiger partial charge in [-0.2, -0.15) is 0 Å². The average molecular weight is 205 g/mol. The highest BCUT2D eigenvalue weighted by Crippen LogP contribution is 2.26. The van der Waals surface area contributed by atoms with Crippen LogP contribution >= 0.6 is 0 Å². The van der Waals surface area contributed by atoms with Gasteiger partial charge in [-0.3, -0.25) is 0 Å². The largest absolute Gasteiger partial charge is 0.372 e. The fourth-order valence-corrected chi connectivity index (χ4v) is 1.76. The van der Waals surface area contributed by atoms with Crippen molar-refractivity contribution in [1.82, 2.24) is 0 Å². The average Bonchev–Trinajstić information content (AvgIpc) is 2.19. The maximum Gasteiger partial charge on any atom is 0.0368 e. The molecule has 1 nitrogen and oxygen atoms in total. The van der Waals surface area contributed by atoms with Crippen molar-refractivity contribution in [3.05, 3.63) is 29.8 Å². The van der Waals surface area contributed by atoms with Crippen LogP contribution in [0.5, 0.6) is 0 Å². The predicted molar refractivity (Wildman–Crippen MR) is 68.7 cm³/mol. The highest BCUT2D eigenvalue weighted by atomic mass is 15.1. The lowest BCUT2D eigenvalue weighted by Crippen LogP contribution is -2.22. The van der Waals surface area contributed by atoms with E-state index in [4.69, 9.17) is 0 Å². The Morgan fingerprint density at radius 3 is 2.13 bits per heavy atom. The number of anilines is 1. The van der Waals surface area contributed by atoms with Crippen LogP contribution in [0.3, 0.4) is 0 Å². The zero-order valence-corrected chi connectivity index (χ0v) is 10.7. The van der Waals surface area contributed by atoms with Crippen molar-refractivity contribution in [3.63, 3.8) is 0 Å². The van der Waals surface area contributed by atoms with Gasteiger partial charge in [0.15, 0.2) is 0 Å². The van der Waals surface area contributed by atoms with Crippen LogP contribution in [-0.2, 0) is 5.41 Å². The molecule has 0 aliphatic carbocycles. The van der Waals surface area contributed by atoms with Crippen LogP contribution in [0.15, 0.2) is 24.3 Å². The molecule has 0 N–H and O–H groups in total. The molecule has 0 bridgehead atoms. The first kappa shape index (κ1) is 12.1. The van der Waals surface area contributed by atoms with Gasteiger partial charge in [-0.05, 0) is 37.0 Å². The molecular weight excluding hydrogens is 182 g/mol. The number of hydrogen-bond donors (Lipinski definition) is 0. The summed E-state index contributed by atoms with van der Waals surface area (Å²) < 4.78 is 0. The molecule has 0 saturated heterocycles. The molecule has 0 fully saturated rings. The molecule has 0 radical (unpaired) electrons. The summed E-state index contributed by atoms with van der Waals surface area (Å²) in [5.41, 5.74) is 2.99. The second-order valence-corrected chi connectivity index (χ2v) is 4.97. The SMILES string of the molecule is CCN(CC)c1cccc(C(C)(C)C)c1. The van der Waals surface area contributed by atoms with Gasteiger partial charge in [-0.15, -0.1) is 0 Å². The Morgan fingerprint density at radius 2 is 1.67 bits per heavy atom. The third-order valence-corrected chi connectivity index (χ3v) is 2.84. The molecule has 0 amide bonds. The second-order valence-electron chi connectivity index (χ2n) is 4.97. The second kappa shape index (κ2) is 4.69. The van der Waals surface area contributed by atoms with Crippen molar-refractivity contribution in [1.29, 1.82) is 0 Å². The topological polar surface area (TPSA) is 3.24 Å². The van der Waals surface area contributed by atoms with Gasteiger partial charge in [-0.1, -0.05) is 32.9 Å². The summed E-state index contributed by atoms with van der Waals surface area (Å²) >= 11 is 0. The van der Waals surface area contributed by atoms with E-state index in [-0.39, 0.29) is 5.41 Å². The van der Waals surface area contributed by atoms with E-state index in [2.05, 4.69) is 63.8 Å². The van der Waals surface area contributed by atoms with E-state index in [1.54, 1.807) is 0 Å². The maximum atomic E-state index is 2.38. The minimum atomic E-state index is 0.239. The molecule has 0 unspecified atom stereocenters. The molecule has 0 saturated carbocycles. The van der Waals surface area contributed by atoms with Gasteiger partial charge in [-0.25, -0.2) is 0 Å². The van der Waals surface area contributed by atoms with Gasteiger partial charge >= 0.3 is 0 Å². The van der Waals surface area contributed by atoms with Gasteiger partial charge in [0.2, 0.25) is 0 Å². The van der Waals surface area contributed by atoms with Crippen LogP contribution in [-0.4, -0.2) is 13.1 Å². The minimum absolute atomic E-state index is 0.239. The molecular formula is C14H23N. The van der Waals surface area contributed by atoms with Crippen molar-refractivity contribution in [3.8, 4) is 0 Å². The van der Waals surface area contributed by atoms with Crippen molar-refractivity contribution in [2.45, 2.75) is 40.0 Å².